The van der Waals surface area contributed by atoms with Crippen LogP contribution in [-0.2, 0) is 6.54 Å². The van der Waals surface area contributed by atoms with Crippen LogP contribution in [0.4, 0.5) is 0 Å². The van der Waals surface area contributed by atoms with Crippen molar-refractivity contribution in [2.24, 2.45) is 5.73 Å². The average Bonchev–Trinajstić information content (AvgIpc) is 3.24. The van der Waals surface area contributed by atoms with Gasteiger partial charge in [0.05, 0.1) is 11.9 Å². The third-order valence-corrected chi connectivity index (χ3v) is 4.50. The predicted molar refractivity (Wildman–Crippen MR) is 89.6 cm³/mol. The van der Waals surface area contributed by atoms with Gasteiger partial charge < -0.3 is 5.73 Å². The van der Waals surface area contributed by atoms with E-state index in [2.05, 4.69) is 50.8 Å². The molecule has 22 heavy (non-hydrogen) atoms. The number of nitrogens with zero attached hydrogens (tertiary/aromatic N) is 3. The van der Waals surface area contributed by atoms with Gasteiger partial charge in [0.25, 0.3) is 0 Å². The molecule has 108 valence electrons. The van der Waals surface area contributed by atoms with Crippen molar-refractivity contribution >= 4 is 17.0 Å². The topological polar surface area (TPSA) is 56.2 Å². The fourth-order valence-electron chi connectivity index (χ4n) is 2.50. The summed E-state index contributed by atoms with van der Waals surface area (Å²) in [6, 6.07) is 12.4. The van der Waals surface area contributed by atoms with Gasteiger partial charge in [-0.25, -0.2) is 9.97 Å². The zero-order valence-corrected chi connectivity index (χ0v) is 12.6. The van der Waals surface area contributed by atoms with Crippen LogP contribution >= 0.6 is 11.3 Å². The first kappa shape index (κ1) is 13.2. The molecule has 3 heterocycles. The van der Waals surface area contributed by atoms with Gasteiger partial charge in [-0.3, -0.25) is 4.40 Å². The Hall–Kier alpha value is -2.50. The number of rotatable bonds is 3. The number of imidazole rings is 1. The van der Waals surface area contributed by atoms with Crippen molar-refractivity contribution in [1.29, 1.82) is 0 Å². The zero-order chi connectivity index (χ0) is 14.9. The second kappa shape index (κ2) is 5.36. The molecular weight excluding hydrogens is 292 g/mol. The number of pyridine rings is 1. The van der Waals surface area contributed by atoms with Crippen molar-refractivity contribution in [2.45, 2.75) is 6.54 Å². The molecule has 0 atom stereocenters. The van der Waals surface area contributed by atoms with Gasteiger partial charge in [0.15, 0.2) is 0 Å². The van der Waals surface area contributed by atoms with Gasteiger partial charge >= 0.3 is 0 Å². The van der Waals surface area contributed by atoms with E-state index in [0.717, 1.165) is 33.0 Å². The highest BCUT2D eigenvalue weighted by Crippen LogP contribution is 2.26. The Morgan fingerprint density at radius 2 is 1.91 bits per heavy atom. The molecule has 0 bridgehead atoms. The van der Waals surface area contributed by atoms with E-state index in [1.807, 2.05) is 24.0 Å². The minimum absolute atomic E-state index is 0.560. The van der Waals surface area contributed by atoms with Crippen LogP contribution in [0.15, 0.2) is 60.4 Å². The lowest BCUT2D eigenvalue weighted by molar-refractivity contribution is 1.07. The van der Waals surface area contributed by atoms with Gasteiger partial charge in [-0.15, -0.1) is 11.3 Å². The number of benzene rings is 1. The first-order valence-corrected chi connectivity index (χ1v) is 7.89. The Morgan fingerprint density at radius 1 is 1.05 bits per heavy atom. The Balaban J connectivity index is 1.79. The smallest absolute Gasteiger partial charge is 0.137 e. The summed E-state index contributed by atoms with van der Waals surface area (Å²) in [4.78, 5) is 8.87. The van der Waals surface area contributed by atoms with Gasteiger partial charge in [-0.1, -0.05) is 24.3 Å². The maximum Gasteiger partial charge on any atom is 0.137 e. The highest BCUT2D eigenvalue weighted by Gasteiger charge is 2.08. The average molecular weight is 306 g/mol. The lowest BCUT2D eigenvalue weighted by Crippen LogP contribution is -1.95. The van der Waals surface area contributed by atoms with E-state index in [9.17, 15) is 0 Å². The summed E-state index contributed by atoms with van der Waals surface area (Å²) in [6.45, 7) is 0.560. The molecule has 4 nitrogen and oxygen atoms in total. The largest absolute Gasteiger partial charge is 0.326 e. The van der Waals surface area contributed by atoms with Crippen LogP contribution in [0.1, 0.15) is 5.56 Å². The predicted octanol–water partition coefficient (Wildman–Crippen LogP) is 3.58. The maximum atomic E-state index is 5.65. The molecule has 0 aliphatic heterocycles. The number of nitrogens with two attached hydrogens (primary N) is 1. The van der Waals surface area contributed by atoms with Crippen molar-refractivity contribution in [3.8, 4) is 21.8 Å². The van der Waals surface area contributed by atoms with E-state index in [4.69, 9.17) is 5.73 Å². The molecule has 2 N–H and O–H groups in total. The highest BCUT2D eigenvalue weighted by molar-refractivity contribution is 7.13. The SMILES string of the molecule is NCc1ccc(-c2cnc3cc(-c4nccs4)ccn23)cc1. The van der Waals surface area contributed by atoms with Crippen molar-refractivity contribution in [2.75, 3.05) is 0 Å². The molecule has 0 aliphatic rings. The monoisotopic (exact) mass is 306 g/mol. The summed E-state index contributed by atoms with van der Waals surface area (Å²) in [6.07, 6.45) is 5.77. The molecular formula is C17H14N4S. The van der Waals surface area contributed by atoms with Crippen molar-refractivity contribution in [1.82, 2.24) is 14.4 Å². The molecule has 0 fully saturated rings. The number of aromatic nitrogens is 3. The lowest BCUT2D eigenvalue weighted by atomic mass is 10.1. The van der Waals surface area contributed by atoms with E-state index < -0.39 is 0 Å². The summed E-state index contributed by atoms with van der Waals surface area (Å²) in [7, 11) is 0. The standard InChI is InChI=1S/C17H14N4S/c18-10-12-1-3-13(4-2-12)15-11-20-16-9-14(5-7-21(15)16)17-19-6-8-22-17/h1-9,11H,10,18H2. The molecule has 0 saturated carbocycles. The third-order valence-electron chi connectivity index (χ3n) is 3.68. The molecule has 5 heteroatoms. The van der Waals surface area contributed by atoms with Crippen LogP contribution < -0.4 is 5.73 Å². The Bertz CT molecular complexity index is 908. The van der Waals surface area contributed by atoms with Crippen LogP contribution in [0, 0.1) is 0 Å². The van der Waals surface area contributed by atoms with Crippen LogP contribution in [0.2, 0.25) is 0 Å². The lowest BCUT2D eigenvalue weighted by Gasteiger charge is -2.04. The van der Waals surface area contributed by atoms with Crippen molar-refractivity contribution in [3.63, 3.8) is 0 Å². The number of hydrogen-bond donors (Lipinski definition) is 1. The summed E-state index contributed by atoms with van der Waals surface area (Å²) in [5.41, 5.74) is 11.0. The number of hydrogen-bond acceptors (Lipinski definition) is 4. The molecule has 0 radical (unpaired) electrons. The summed E-state index contributed by atoms with van der Waals surface area (Å²) >= 11 is 1.63. The van der Waals surface area contributed by atoms with Gasteiger partial charge in [-0.2, -0.15) is 0 Å². The molecule has 1 aromatic carbocycles. The quantitative estimate of drug-likeness (QED) is 0.629. The third kappa shape index (κ3) is 2.20. The van der Waals surface area contributed by atoms with Gasteiger partial charge in [0.1, 0.15) is 10.7 Å². The molecule has 4 rings (SSSR count). The molecule has 0 unspecified atom stereocenters. The van der Waals surface area contributed by atoms with Crippen LogP contribution in [0.3, 0.4) is 0 Å². The highest BCUT2D eigenvalue weighted by atomic mass is 32.1. The maximum absolute atomic E-state index is 5.65. The summed E-state index contributed by atoms with van der Waals surface area (Å²) in [5.74, 6) is 0. The molecule has 0 saturated heterocycles. The minimum Gasteiger partial charge on any atom is -0.326 e. The van der Waals surface area contributed by atoms with E-state index >= 15 is 0 Å². The van der Waals surface area contributed by atoms with Gasteiger partial charge in [0, 0.05) is 35.4 Å². The Labute approximate surface area is 131 Å². The first-order valence-electron chi connectivity index (χ1n) is 7.01. The van der Waals surface area contributed by atoms with Crippen molar-refractivity contribution < 1.29 is 0 Å². The van der Waals surface area contributed by atoms with Crippen LogP contribution in [0.5, 0.6) is 0 Å². The number of fused-ring (bicyclic) bond motifs is 1. The molecule has 3 aromatic heterocycles. The van der Waals surface area contributed by atoms with Crippen LogP contribution in [-0.4, -0.2) is 14.4 Å². The van der Waals surface area contributed by atoms with Crippen molar-refractivity contribution in [3.05, 3.63) is 65.9 Å². The van der Waals surface area contributed by atoms with E-state index in [1.54, 1.807) is 11.3 Å². The molecule has 4 aromatic rings. The van der Waals surface area contributed by atoms with E-state index in [1.165, 1.54) is 0 Å². The zero-order valence-electron chi connectivity index (χ0n) is 11.8. The number of thiazole rings is 1. The fourth-order valence-corrected chi connectivity index (χ4v) is 3.14. The van der Waals surface area contributed by atoms with Crippen LogP contribution in [0.25, 0.3) is 27.5 Å². The normalized spacial score (nSPS) is 11.1. The first-order chi connectivity index (χ1) is 10.8. The summed E-state index contributed by atoms with van der Waals surface area (Å²) < 4.78 is 2.09. The minimum atomic E-state index is 0.560. The summed E-state index contributed by atoms with van der Waals surface area (Å²) in [5, 5.41) is 2.99. The fraction of sp³-hybridized carbons (Fsp3) is 0.0588. The Morgan fingerprint density at radius 3 is 2.64 bits per heavy atom. The Kier molecular flexibility index (Phi) is 3.21. The van der Waals surface area contributed by atoms with Gasteiger partial charge in [-0.05, 0) is 17.7 Å². The van der Waals surface area contributed by atoms with E-state index in [-0.39, 0.29) is 0 Å². The molecule has 0 amide bonds. The second-order valence-corrected chi connectivity index (χ2v) is 5.92. The van der Waals surface area contributed by atoms with E-state index in [0.29, 0.717) is 6.54 Å². The van der Waals surface area contributed by atoms with Gasteiger partial charge in [0.2, 0.25) is 0 Å². The molecule has 0 aliphatic carbocycles. The molecule has 0 spiro atoms. The second-order valence-electron chi connectivity index (χ2n) is 5.03.